The molecule has 1 N–H and O–H groups in total. The van der Waals surface area contributed by atoms with Crippen LogP contribution < -0.4 is 5.32 Å². The molecule has 0 unspecified atom stereocenters. The maximum absolute atomic E-state index is 11.1. The standard InChI is InChI=1S/C12H14N2O2/c1-3-16-12(15)8-14-11-5-4-9(2)6-10(11)7-13/h4-6,14H,3,8H2,1-2H3. The highest BCUT2D eigenvalue weighted by molar-refractivity contribution is 5.76. The molecule has 0 aliphatic rings. The summed E-state index contributed by atoms with van der Waals surface area (Å²) in [4.78, 5) is 11.1. The molecule has 0 fully saturated rings. The van der Waals surface area contributed by atoms with Crippen molar-refractivity contribution in [2.45, 2.75) is 13.8 Å². The molecule has 1 aromatic rings. The Balaban J connectivity index is 2.67. The molecular formula is C12H14N2O2. The van der Waals surface area contributed by atoms with Crippen LogP contribution in [0.4, 0.5) is 5.69 Å². The third-order valence-corrected chi connectivity index (χ3v) is 2.02. The second-order valence-corrected chi connectivity index (χ2v) is 3.32. The average molecular weight is 218 g/mol. The summed E-state index contributed by atoms with van der Waals surface area (Å²) in [6.45, 7) is 4.10. The predicted octanol–water partition coefficient (Wildman–Crippen LogP) is 1.84. The lowest BCUT2D eigenvalue weighted by Crippen LogP contribution is -2.17. The number of nitriles is 1. The van der Waals surface area contributed by atoms with Crippen molar-refractivity contribution in [2.75, 3.05) is 18.5 Å². The van der Waals surface area contributed by atoms with Gasteiger partial charge < -0.3 is 10.1 Å². The molecule has 16 heavy (non-hydrogen) atoms. The van der Waals surface area contributed by atoms with Gasteiger partial charge in [0, 0.05) is 0 Å². The number of esters is 1. The van der Waals surface area contributed by atoms with E-state index in [1.54, 1.807) is 19.1 Å². The number of carbonyl (C=O) groups is 1. The summed E-state index contributed by atoms with van der Waals surface area (Å²) in [6, 6.07) is 7.52. The van der Waals surface area contributed by atoms with E-state index >= 15 is 0 Å². The fourth-order valence-electron chi connectivity index (χ4n) is 1.28. The molecule has 1 aromatic carbocycles. The lowest BCUT2D eigenvalue weighted by Gasteiger charge is -2.08. The van der Waals surface area contributed by atoms with Gasteiger partial charge in [-0.15, -0.1) is 0 Å². The number of nitrogens with zero attached hydrogens (tertiary/aromatic N) is 1. The topological polar surface area (TPSA) is 62.1 Å². The van der Waals surface area contributed by atoms with Gasteiger partial charge in [0.15, 0.2) is 0 Å². The van der Waals surface area contributed by atoms with Crippen molar-refractivity contribution >= 4 is 11.7 Å². The van der Waals surface area contributed by atoms with E-state index in [0.717, 1.165) is 5.56 Å². The van der Waals surface area contributed by atoms with Crippen molar-refractivity contribution in [2.24, 2.45) is 0 Å². The monoisotopic (exact) mass is 218 g/mol. The predicted molar refractivity (Wildman–Crippen MR) is 61.0 cm³/mol. The molecule has 0 heterocycles. The normalized spacial score (nSPS) is 9.31. The molecule has 1 rings (SSSR count). The Hall–Kier alpha value is -2.02. The summed E-state index contributed by atoms with van der Waals surface area (Å²) in [5, 5.41) is 11.8. The molecule has 0 amide bonds. The Labute approximate surface area is 94.8 Å². The van der Waals surface area contributed by atoms with E-state index in [2.05, 4.69) is 11.4 Å². The highest BCUT2D eigenvalue weighted by Crippen LogP contribution is 2.15. The summed E-state index contributed by atoms with van der Waals surface area (Å²) in [5.74, 6) is -0.327. The largest absolute Gasteiger partial charge is 0.465 e. The van der Waals surface area contributed by atoms with Gasteiger partial charge in [-0.1, -0.05) is 6.07 Å². The molecule has 4 nitrogen and oxygen atoms in total. The maximum Gasteiger partial charge on any atom is 0.325 e. The number of hydrogen-bond acceptors (Lipinski definition) is 4. The molecule has 0 spiro atoms. The van der Waals surface area contributed by atoms with Crippen LogP contribution >= 0.6 is 0 Å². The van der Waals surface area contributed by atoms with Crippen LogP contribution in [-0.2, 0) is 9.53 Å². The number of hydrogen-bond donors (Lipinski definition) is 1. The molecule has 4 heteroatoms. The quantitative estimate of drug-likeness (QED) is 0.783. The summed E-state index contributed by atoms with van der Waals surface area (Å²) in [7, 11) is 0. The number of ether oxygens (including phenoxy) is 1. The van der Waals surface area contributed by atoms with Crippen LogP contribution in [0.3, 0.4) is 0 Å². The van der Waals surface area contributed by atoms with E-state index in [9.17, 15) is 4.79 Å². The molecule has 0 aromatic heterocycles. The van der Waals surface area contributed by atoms with E-state index in [1.165, 1.54) is 0 Å². The van der Waals surface area contributed by atoms with Gasteiger partial charge in [-0.2, -0.15) is 5.26 Å². The highest BCUT2D eigenvalue weighted by atomic mass is 16.5. The van der Waals surface area contributed by atoms with Crippen molar-refractivity contribution in [3.8, 4) is 6.07 Å². The lowest BCUT2D eigenvalue weighted by molar-refractivity contribution is -0.140. The molecule has 0 bridgehead atoms. The molecule has 0 saturated heterocycles. The number of aryl methyl sites for hydroxylation is 1. The van der Waals surface area contributed by atoms with E-state index in [4.69, 9.17) is 10.00 Å². The third kappa shape index (κ3) is 3.28. The zero-order chi connectivity index (χ0) is 12.0. The number of carbonyl (C=O) groups excluding carboxylic acids is 1. The second-order valence-electron chi connectivity index (χ2n) is 3.32. The Morgan fingerprint density at radius 2 is 2.31 bits per heavy atom. The van der Waals surface area contributed by atoms with Crippen molar-refractivity contribution < 1.29 is 9.53 Å². The van der Waals surface area contributed by atoms with E-state index in [1.807, 2.05) is 13.0 Å². The molecule has 0 saturated carbocycles. The Kier molecular flexibility index (Phi) is 4.34. The first-order valence-corrected chi connectivity index (χ1v) is 5.07. The second kappa shape index (κ2) is 5.76. The Morgan fingerprint density at radius 3 is 2.94 bits per heavy atom. The fraction of sp³-hybridized carbons (Fsp3) is 0.333. The first-order valence-electron chi connectivity index (χ1n) is 5.07. The Bertz CT molecular complexity index is 422. The first-order chi connectivity index (χ1) is 7.67. The smallest absolute Gasteiger partial charge is 0.325 e. The van der Waals surface area contributed by atoms with Gasteiger partial charge >= 0.3 is 5.97 Å². The Morgan fingerprint density at radius 1 is 1.56 bits per heavy atom. The SMILES string of the molecule is CCOC(=O)CNc1ccc(C)cc1C#N. The van der Waals surface area contributed by atoms with Crippen molar-refractivity contribution in [1.29, 1.82) is 5.26 Å². The van der Waals surface area contributed by atoms with Gasteiger partial charge in [-0.05, 0) is 31.5 Å². The van der Waals surface area contributed by atoms with Crippen LogP contribution in [0.1, 0.15) is 18.1 Å². The van der Waals surface area contributed by atoms with Gasteiger partial charge in [-0.3, -0.25) is 4.79 Å². The van der Waals surface area contributed by atoms with Crippen LogP contribution in [0.5, 0.6) is 0 Å². The van der Waals surface area contributed by atoms with E-state index < -0.39 is 0 Å². The molecule has 0 aliphatic carbocycles. The zero-order valence-corrected chi connectivity index (χ0v) is 9.41. The summed E-state index contributed by atoms with van der Waals surface area (Å²) < 4.78 is 4.78. The highest BCUT2D eigenvalue weighted by Gasteiger charge is 2.05. The van der Waals surface area contributed by atoms with Gasteiger partial charge in [0.1, 0.15) is 12.6 Å². The minimum Gasteiger partial charge on any atom is -0.465 e. The third-order valence-electron chi connectivity index (χ3n) is 2.02. The van der Waals surface area contributed by atoms with Gasteiger partial charge in [0.05, 0.1) is 17.9 Å². The number of benzene rings is 1. The van der Waals surface area contributed by atoms with Crippen LogP contribution in [-0.4, -0.2) is 19.1 Å². The summed E-state index contributed by atoms with van der Waals surface area (Å²) in [5.41, 5.74) is 2.20. The minimum absolute atomic E-state index is 0.0750. The molecule has 0 radical (unpaired) electrons. The summed E-state index contributed by atoms with van der Waals surface area (Å²) >= 11 is 0. The van der Waals surface area contributed by atoms with Crippen LogP contribution in [0.2, 0.25) is 0 Å². The van der Waals surface area contributed by atoms with E-state index in [-0.39, 0.29) is 12.5 Å². The molecule has 0 atom stereocenters. The van der Waals surface area contributed by atoms with Gasteiger partial charge in [0.2, 0.25) is 0 Å². The fourth-order valence-corrected chi connectivity index (χ4v) is 1.28. The molecule has 84 valence electrons. The van der Waals surface area contributed by atoms with Crippen molar-refractivity contribution in [3.05, 3.63) is 29.3 Å². The number of rotatable bonds is 4. The minimum atomic E-state index is -0.327. The molecular weight excluding hydrogens is 204 g/mol. The number of nitrogens with one attached hydrogen (secondary N) is 1. The van der Waals surface area contributed by atoms with Crippen LogP contribution in [0.15, 0.2) is 18.2 Å². The average Bonchev–Trinajstić information content (AvgIpc) is 2.27. The van der Waals surface area contributed by atoms with E-state index in [0.29, 0.717) is 17.9 Å². The maximum atomic E-state index is 11.1. The lowest BCUT2D eigenvalue weighted by atomic mass is 10.1. The summed E-state index contributed by atoms with van der Waals surface area (Å²) in [6.07, 6.45) is 0. The van der Waals surface area contributed by atoms with Gasteiger partial charge in [-0.25, -0.2) is 0 Å². The van der Waals surface area contributed by atoms with Crippen LogP contribution in [0, 0.1) is 18.3 Å². The van der Waals surface area contributed by atoms with Gasteiger partial charge in [0.25, 0.3) is 0 Å². The van der Waals surface area contributed by atoms with Crippen molar-refractivity contribution in [1.82, 2.24) is 0 Å². The molecule has 0 aliphatic heterocycles. The number of anilines is 1. The zero-order valence-electron chi connectivity index (χ0n) is 9.41. The van der Waals surface area contributed by atoms with Crippen LogP contribution in [0.25, 0.3) is 0 Å². The first kappa shape index (κ1) is 12.1. The van der Waals surface area contributed by atoms with Crippen molar-refractivity contribution in [3.63, 3.8) is 0 Å².